The molecular formula is C16H11ClO3. The van der Waals surface area contributed by atoms with Crippen LogP contribution in [0.25, 0.3) is 10.8 Å². The molecule has 0 atom stereocenters. The number of fused-ring (bicyclic) bond motifs is 2. The SMILES string of the molecule is CC1=C(C)C(=O)c2c(c(O)c3ccccc3c2Cl)C1=O. The summed E-state index contributed by atoms with van der Waals surface area (Å²) in [7, 11) is 0. The van der Waals surface area contributed by atoms with E-state index in [0.29, 0.717) is 21.9 Å². The van der Waals surface area contributed by atoms with Gasteiger partial charge in [0.1, 0.15) is 5.75 Å². The van der Waals surface area contributed by atoms with Gasteiger partial charge in [-0.15, -0.1) is 0 Å². The van der Waals surface area contributed by atoms with E-state index in [1.54, 1.807) is 38.1 Å². The van der Waals surface area contributed by atoms with E-state index in [0.717, 1.165) is 0 Å². The first kappa shape index (κ1) is 12.9. The number of carbonyl (C=O) groups is 2. The average Bonchev–Trinajstić information content (AvgIpc) is 2.46. The quantitative estimate of drug-likeness (QED) is 0.799. The molecule has 0 unspecified atom stereocenters. The van der Waals surface area contributed by atoms with Gasteiger partial charge in [-0.25, -0.2) is 0 Å². The van der Waals surface area contributed by atoms with Crippen molar-refractivity contribution in [1.29, 1.82) is 0 Å². The zero-order valence-electron chi connectivity index (χ0n) is 11.0. The molecule has 0 radical (unpaired) electrons. The maximum absolute atomic E-state index is 12.4. The van der Waals surface area contributed by atoms with Gasteiger partial charge in [0.05, 0.1) is 16.1 Å². The Morgan fingerprint density at radius 3 is 2.00 bits per heavy atom. The summed E-state index contributed by atoms with van der Waals surface area (Å²) in [5, 5.41) is 11.6. The van der Waals surface area contributed by atoms with E-state index >= 15 is 0 Å². The molecule has 0 bridgehead atoms. The Kier molecular flexibility index (Phi) is 2.69. The number of hydrogen-bond acceptors (Lipinski definition) is 3. The molecule has 0 saturated heterocycles. The smallest absolute Gasteiger partial charge is 0.193 e. The normalized spacial score (nSPS) is 14.9. The number of hydrogen-bond donors (Lipinski definition) is 1. The summed E-state index contributed by atoms with van der Waals surface area (Å²) >= 11 is 6.30. The molecular weight excluding hydrogens is 276 g/mol. The topological polar surface area (TPSA) is 54.4 Å². The zero-order chi connectivity index (χ0) is 14.6. The molecule has 0 amide bonds. The molecule has 2 aromatic carbocycles. The van der Waals surface area contributed by atoms with Crippen molar-refractivity contribution in [3.05, 3.63) is 51.6 Å². The minimum Gasteiger partial charge on any atom is -0.507 e. The molecule has 0 aliphatic heterocycles. The highest BCUT2D eigenvalue weighted by Gasteiger charge is 2.33. The number of aromatic hydroxyl groups is 1. The van der Waals surface area contributed by atoms with Crippen LogP contribution in [-0.4, -0.2) is 16.7 Å². The molecule has 20 heavy (non-hydrogen) atoms. The Hall–Kier alpha value is -2.13. The summed E-state index contributed by atoms with van der Waals surface area (Å²) in [4.78, 5) is 24.7. The molecule has 2 aromatic rings. The summed E-state index contributed by atoms with van der Waals surface area (Å²) in [6.07, 6.45) is 0. The van der Waals surface area contributed by atoms with Crippen LogP contribution >= 0.6 is 11.6 Å². The molecule has 100 valence electrons. The fraction of sp³-hybridized carbons (Fsp3) is 0.125. The lowest BCUT2D eigenvalue weighted by Crippen LogP contribution is -2.20. The number of carbonyl (C=O) groups excluding carboxylic acids is 2. The molecule has 1 aliphatic carbocycles. The summed E-state index contributed by atoms with van der Waals surface area (Å²) < 4.78 is 0. The highest BCUT2D eigenvalue weighted by atomic mass is 35.5. The van der Waals surface area contributed by atoms with Crippen LogP contribution in [0.5, 0.6) is 5.75 Å². The Labute approximate surface area is 120 Å². The van der Waals surface area contributed by atoms with E-state index < -0.39 is 0 Å². The van der Waals surface area contributed by atoms with Crippen molar-refractivity contribution in [3.8, 4) is 5.75 Å². The monoisotopic (exact) mass is 286 g/mol. The zero-order valence-corrected chi connectivity index (χ0v) is 11.7. The molecule has 1 aliphatic rings. The van der Waals surface area contributed by atoms with Crippen molar-refractivity contribution >= 4 is 33.9 Å². The van der Waals surface area contributed by atoms with Crippen molar-refractivity contribution in [2.45, 2.75) is 13.8 Å². The largest absolute Gasteiger partial charge is 0.507 e. The van der Waals surface area contributed by atoms with E-state index in [1.165, 1.54) is 0 Å². The Balaban J connectivity index is 2.54. The van der Waals surface area contributed by atoms with Gasteiger partial charge in [0.25, 0.3) is 0 Å². The van der Waals surface area contributed by atoms with Crippen LogP contribution in [-0.2, 0) is 0 Å². The van der Waals surface area contributed by atoms with Crippen molar-refractivity contribution in [1.82, 2.24) is 0 Å². The van der Waals surface area contributed by atoms with Crippen LogP contribution in [0.4, 0.5) is 0 Å². The van der Waals surface area contributed by atoms with Crippen LogP contribution in [0.1, 0.15) is 34.6 Å². The summed E-state index contributed by atoms with van der Waals surface area (Å²) in [5.74, 6) is -0.824. The number of rotatable bonds is 0. The van der Waals surface area contributed by atoms with E-state index in [9.17, 15) is 14.7 Å². The number of phenolic OH excluding ortho intramolecular Hbond substituents is 1. The van der Waals surface area contributed by atoms with Gasteiger partial charge in [-0.3, -0.25) is 9.59 Å². The fourth-order valence-electron chi connectivity index (χ4n) is 2.53. The van der Waals surface area contributed by atoms with Gasteiger partial charge >= 0.3 is 0 Å². The highest BCUT2D eigenvalue weighted by Crippen LogP contribution is 2.42. The van der Waals surface area contributed by atoms with Crippen molar-refractivity contribution in [2.75, 3.05) is 0 Å². The lowest BCUT2D eigenvalue weighted by atomic mass is 9.83. The first-order chi connectivity index (χ1) is 9.45. The molecule has 0 aromatic heterocycles. The number of halogens is 1. The Morgan fingerprint density at radius 2 is 1.40 bits per heavy atom. The lowest BCUT2D eigenvalue weighted by Gasteiger charge is -2.20. The van der Waals surface area contributed by atoms with Crippen molar-refractivity contribution in [2.24, 2.45) is 0 Å². The van der Waals surface area contributed by atoms with Gasteiger partial charge in [-0.1, -0.05) is 35.9 Å². The van der Waals surface area contributed by atoms with Crippen LogP contribution in [0, 0.1) is 0 Å². The second-order valence-corrected chi connectivity index (χ2v) is 5.24. The van der Waals surface area contributed by atoms with Gasteiger partial charge in [0, 0.05) is 21.9 Å². The third kappa shape index (κ3) is 1.47. The average molecular weight is 287 g/mol. The van der Waals surface area contributed by atoms with Crippen LogP contribution < -0.4 is 0 Å². The van der Waals surface area contributed by atoms with Crippen LogP contribution in [0.3, 0.4) is 0 Å². The maximum atomic E-state index is 12.4. The Bertz CT molecular complexity index is 763. The predicted octanol–water partition coefficient (Wildman–Crippen LogP) is 3.91. The number of ketones is 2. The second-order valence-electron chi connectivity index (χ2n) is 4.87. The third-order valence-corrected chi connectivity index (χ3v) is 4.22. The van der Waals surface area contributed by atoms with E-state index in [4.69, 9.17) is 11.6 Å². The van der Waals surface area contributed by atoms with Gasteiger partial charge < -0.3 is 5.11 Å². The molecule has 4 heteroatoms. The van der Waals surface area contributed by atoms with Crippen LogP contribution in [0.2, 0.25) is 5.02 Å². The van der Waals surface area contributed by atoms with Gasteiger partial charge in [0.15, 0.2) is 11.6 Å². The van der Waals surface area contributed by atoms with Gasteiger partial charge in [-0.2, -0.15) is 0 Å². The minimum atomic E-state index is -0.345. The fourth-order valence-corrected chi connectivity index (χ4v) is 2.87. The summed E-state index contributed by atoms with van der Waals surface area (Å²) in [6, 6.07) is 6.90. The molecule has 1 N–H and O–H groups in total. The standard InChI is InChI=1S/C16H11ClO3/c1-7-8(2)15(19)12-11(14(7)18)13(17)9-5-3-4-6-10(9)16(12)20/h3-6,20H,1-2H3. The minimum absolute atomic E-state index is 0.0156. The Morgan fingerprint density at radius 1 is 0.900 bits per heavy atom. The van der Waals surface area contributed by atoms with Gasteiger partial charge in [0.2, 0.25) is 0 Å². The first-order valence-corrected chi connectivity index (χ1v) is 6.53. The summed E-state index contributed by atoms with van der Waals surface area (Å²) in [5.41, 5.74) is 0.848. The van der Waals surface area contributed by atoms with E-state index in [-0.39, 0.29) is 33.5 Å². The molecule has 0 heterocycles. The number of allylic oxidation sites excluding steroid dienone is 2. The van der Waals surface area contributed by atoms with E-state index in [1.807, 2.05) is 0 Å². The predicted molar refractivity (Wildman–Crippen MR) is 77.7 cm³/mol. The third-order valence-electron chi connectivity index (χ3n) is 3.82. The van der Waals surface area contributed by atoms with E-state index in [2.05, 4.69) is 0 Å². The first-order valence-electron chi connectivity index (χ1n) is 6.15. The second kappa shape index (κ2) is 4.18. The molecule has 0 fully saturated rings. The number of phenols is 1. The maximum Gasteiger partial charge on any atom is 0.193 e. The molecule has 0 spiro atoms. The van der Waals surface area contributed by atoms with Crippen molar-refractivity contribution < 1.29 is 14.7 Å². The highest BCUT2D eigenvalue weighted by molar-refractivity contribution is 6.43. The number of benzene rings is 2. The molecule has 3 rings (SSSR count). The van der Waals surface area contributed by atoms with Gasteiger partial charge in [-0.05, 0) is 13.8 Å². The van der Waals surface area contributed by atoms with Crippen molar-refractivity contribution in [3.63, 3.8) is 0 Å². The summed E-state index contributed by atoms with van der Waals surface area (Å²) in [6.45, 7) is 3.18. The van der Waals surface area contributed by atoms with Crippen LogP contribution in [0.15, 0.2) is 35.4 Å². The number of Topliss-reactive ketones (excluding diaryl/α,β-unsaturated/α-hetero) is 2. The molecule has 0 saturated carbocycles. The molecule has 3 nitrogen and oxygen atoms in total. The lowest BCUT2D eigenvalue weighted by molar-refractivity contribution is 0.0973.